The van der Waals surface area contributed by atoms with Gasteiger partial charge in [-0.25, -0.2) is 13.4 Å². The van der Waals surface area contributed by atoms with Gasteiger partial charge in [0.05, 0.1) is 21.4 Å². The topological polar surface area (TPSA) is 50.3 Å². The Balaban J connectivity index is 1.49. The highest BCUT2D eigenvalue weighted by Crippen LogP contribution is 2.37. The van der Waals surface area contributed by atoms with Gasteiger partial charge in [-0.1, -0.05) is 35.9 Å². The van der Waals surface area contributed by atoms with Gasteiger partial charge in [-0.15, -0.1) is 11.3 Å². The van der Waals surface area contributed by atoms with Crippen molar-refractivity contribution in [2.45, 2.75) is 29.2 Å². The zero-order valence-corrected chi connectivity index (χ0v) is 18.5. The molecule has 164 valence electrons. The van der Waals surface area contributed by atoms with Crippen molar-refractivity contribution in [2.24, 2.45) is 0 Å². The number of nitrogens with zero attached hydrogens (tertiary/aromatic N) is 2. The average Bonchev–Trinajstić information content (AvgIpc) is 3.24. The summed E-state index contributed by atoms with van der Waals surface area (Å²) >= 11 is 7.37. The van der Waals surface area contributed by atoms with Gasteiger partial charge >= 0.3 is 6.18 Å². The highest BCUT2D eigenvalue weighted by molar-refractivity contribution is 7.92. The fourth-order valence-electron chi connectivity index (χ4n) is 3.65. The Labute approximate surface area is 187 Å². The van der Waals surface area contributed by atoms with Gasteiger partial charge in [0.25, 0.3) is 0 Å². The molecule has 1 aliphatic heterocycles. The summed E-state index contributed by atoms with van der Waals surface area (Å²) in [5, 5.41) is 2.45. The Bertz CT molecular complexity index is 1170. The number of piperidine rings is 1. The molecule has 0 saturated carbocycles. The molecule has 3 aromatic rings. The maximum Gasteiger partial charge on any atom is 0.417 e. The molecule has 0 bridgehead atoms. The number of sulfone groups is 1. The summed E-state index contributed by atoms with van der Waals surface area (Å²) in [6.07, 6.45) is -4.24. The number of hydrogen-bond acceptors (Lipinski definition) is 5. The largest absolute Gasteiger partial charge is 0.417 e. The quantitative estimate of drug-likeness (QED) is 0.459. The van der Waals surface area contributed by atoms with E-state index in [0.717, 1.165) is 28.5 Å². The fourth-order valence-corrected chi connectivity index (χ4v) is 6.61. The van der Waals surface area contributed by atoms with Gasteiger partial charge in [-0.2, -0.15) is 13.2 Å². The molecule has 1 aliphatic rings. The summed E-state index contributed by atoms with van der Waals surface area (Å²) in [7, 11) is -4.10. The van der Waals surface area contributed by atoms with E-state index in [0.29, 0.717) is 18.1 Å². The summed E-state index contributed by atoms with van der Waals surface area (Å²) in [5.74, 6) is 0. The van der Waals surface area contributed by atoms with Crippen molar-refractivity contribution in [1.29, 1.82) is 0 Å². The van der Waals surface area contributed by atoms with Gasteiger partial charge in [-0.3, -0.25) is 0 Å². The Hall–Kier alpha value is -2.10. The van der Waals surface area contributed by atoms with Gasteiger partial charge in [0.2, 0.25) is 0 Å². The number of aromatic nitrogens is 1. The van der Waals surface area contributed by atoms with Crippen LogP contribution in [-0.2, 0) is 16.0 Å². The SMILES string of the molecule is O=S(=O)(c1ccccc1C(F)(F)F)C1CCN(c2nc(-c3ccc(Cl)cc3)cs2)CC1. The molecule has 1 saturated heterocycles. The van der Waals surface area contributed by atoms with Crippen molar-refractivity contribution in [1.82, 2.24) is 4.98 Å². The van der Waals surface area contributed by atoms with Crippen molar-refractivity contribution >= 4 is 37.9 Å². The first-order chi connectivity index (χ1) is 14.7. The van der Waals surface area contributed by atoms with Crippen molar-refractivity contribution in [3.8, 4) is 11.3 Å². The molecule has 4 nitrogen and oxygen atoms in total. The summed E-state index contributed by atoms with van der Waals surface area (Å²) in [6, 6.07) is 11.7. The van der Waals surface area contributed by atoms with Crippen LogP contribution in [0.3, 0.4) is 0 Å². The van der Waals surface area contributed by atoms with Crippen LogP contribution < -0.4 is 4.90 Å². The second-order valence-electron chi connectivity index (χ2n) is 7.25. The lowest BCUT2D eigenvalue weighted by Crippen LogP contribution is -2.39. The van der Waals surface area contributed by atoms with Crippen LogP contribution in [0.2, 0.25) is 5.02 Å². The number of rotatable bonds is 4. The van der Waals surface area contributed by atoms with Crippen LogP contribution >= 0.6 is 22.9 Å². The minimum absolute atomic E-state index is 0.240. The van der Waals surface area contributed by atoms with Crippen LogP contribution in [0.1, 0.15) is 18.4 Å². The monoisotopic (exact) mass is 486 g/mol. The van der Waals surface area contributed by atoms with Crippen LogP contribution in [0.5, 0.6) is 0 Å². The second-order valence-corrected chi connectivity index (χ2v) is 10.7. The molecule has 0 atom stereocenters. The van der Waals surface area contributed by atoms with Crippen molar-refractivity contribution in [2.75, 3.05) is 18.0 Å². The number of halogens is 4. The molecule has 31 heavy (non-hydrogen) atoms. The molecular weight excluding hydrogens is 469 g/mol. The van der Waals surface area contributed by atoms with Gasteiger partial charge in [0.1, 0.15) is 0 Å². The molecule has 1 aromatic heterocycles. The first kappa shape index (κ1) is 22.1. The van der Waals surface area contributed by atoms with E-state index in [1.807, 2.05) is 22.4 Å². The number of anilines is 1. The number of hydrogen-bond donors (Lipinski definition) is 0. The minimum Gasteiger partial charge on any atom is -0.348 e. The molecule has 0 radical (unpaired) electrons. The molecule has 0 amide bonds. The number of alkyl halides is 3. The van der Waals surface area contributed by atoms with Gasteiger partial charge < -0.3 is 4.90 Å². The maximum atomic E-state index is 13.3. The summed E-state index contributed by atoms with van der Waals surface area (Å²) in [4.78, 5) is 5.97. The van der Waals surface area contributed by atoms with Crippen molar-refractivity contribution < 1.29 is 21.6 Å². The molecule has 10 heteroatoms. The van der Waals surface area contributed by atoms with E-state index in [-0.39, 0.29) is 12.8 Å². The van der Waals surface area contributed by atoms with Gasteiger partial charge in [0, 0.05) is 29.1 Å². The predicted octanol–water partition coefficient (Wildman–Crippen LogP) is 5.93. The number of thiazole rings is 1. The number of benzene rings is 2. The lowest BCUT2D eigenvalue weighted by molar-refractivity contribution is -0.139. The zero-order valence-electron chi connectivity index (χ0n) is 16.1. The Morgan fingerprint density at radius 3 is 2.32 bits per heavy atom. The van der Waals surface area contributed by atoms with E-state index < -0.39 is 31.7 Å². The molecule has 2 heterocycles. The van der Waals surface area contributed by atoms with Crippen LogP contribution in [0, 0.1) is 0 Å². The molecule has 1 fully saturated rings. The van der Waals surface area contributed by atoms with Crippen molar-refractivity contribution in [3.05, 3.63) is 64.5 Å². The average molecular weight is 487 g/mol. The highest BCUT2D eigenvalue weighted by Gasteiger charge is 2.40. The lowest BCUT2D eigenvalue weighted by atomic mass is 10.1. The lowest BCUT2D eigenvalue weighted by Gasteiger charge is -2.31. The van der Waals surface area contributed by atoms with Crippen molar-refractivity contribution in [3.63, 3.8) is 0 Å². The van der Waals surface area contributed by atoms with E-state index in [9.17, 15) is 21.6 Å². The van der Waals surface area contributed by atoms with E-state index in [1.54, 1.807) is 12.1 Å². The molecule has 0 spiro atoms. The molecule has 4 rings (SSSR count). The van der Waals surface area contributed by atoms with Crippen LogP contribution in [-0.4, -0.2) is 31.7 Å². The van der Waals surface area contributed by atoms with E-state index in [4.69, 9.17) is 11.6 Å². The molecule has 2 aromatic carbocycles. The van der Waals surface area contributed by atoms with E-state index >= 15 is 0 Å². The predicted molar refractivity (Wildman–Crippen MR) is 116 cm³/mol. The second kappa shape index (κ2) is 8.44. The van der Waals surface area contributed by atoms with E-state index in [2.05, 4.69) is 4.98 Å². The third kappa shape index (κ3) is 4.58. The molecule has 0 unspecified atom stereocenters. The molecular formula is C21H18ClF3N2O2S2. The standard InChI is InChI=1S/C21H18ClF3N2O2S2/c22-15-7-5-14(6-8-15)18-13-30-20(26-18)27-11-9-16(10-12-27)31(28,29)19-4-2-1-3-17(19)21(23,24)25/h1-8,13,16H,9-12H2. The highest BCUT2D eigenvalue weighted by atomic mass is 35.5. The summed E-state index contributed by atoms with van der Waals surface area (Å²) in [6.45, 7) is 0.817. The van der Waals surface area contributed by atoms with Crippen LogP contribution in [0.15, 0.2) is 58.8 Å². The van der Waals surface area contributed by atoms with Crippen LogP contribution in [0.4, 0.5) is 18.3 Å². The Kier molecular flexibility index (Phi) is 6.02. The summed E-state index contributed by atoms with van der Waals surface area (Å²) < 4.78 is 65.9. The minimum atomic E-state index is -4.72. The normalized spacial score (nSPS) is 15.9. The summed E-state index contributed by atoms with van der Waals surface area (Å²) in [5.41, 5.74) is 0.614. The first-order valence-electron chi connectivity index (χ1n) is 9.53. The van der Waals surface area contributed by atoms with Gasteiger partial charge in [0.15, 0.2) is 15.0 Å². The first-order valence-corrected chi connectivity index (χ1v) is 12.3. The van der Waals surface area contributed by atoms with Crippen LogP contribution in [0.25, 0.3) is 11.3 Å². The van der Waals surface area contributed by atoms with Gasteiger partial charge in [-0.05, 0) is 37.1 Å². The third-order valence-electron chi connectivity index (χ3n) is 5.28. The van der Waals surface area contributed by atoms with E-state index in [1.165, 1.54) is 23.5 Å². The fraction of sp³-hybridized carbons (Fsp3) is 0.286. The third-order valence-corrected chi connectivity index (χ3v) is 8.75. The Morgan fingerprint density at radius 2 is 1.68 bits per heavy atom. The smallest absolute Gasteiger partial charge is 0.348 e. The maximum absolute atomic E-state index is 13.3. The zero-order chi connectivity index (χ0) is 22.2. The molecule has 0 aliphatic carbocycles. The Morgan fingerprint density at radius 1 is 1.03 bits per heavy atom. The molecule has 0 N–H and O–H groups in total.